The molecule has 17 heavy (non-hydrogen) atoms. The normalized spacial score (nSPS) is 22.7. The molecule has 1 aromatic carbocycles. The molecule has 4 nitrogen and oxygen atoms in total. The Balaban J connectivity index is 1.96. The number of methoxy groups -OCH3 is 1. The third-order valence-corrected chi connectivity index (χ3v) is 3.20. The quantitative estimate of drug-likeness (QED) is 0.832. The van der Waals surface area contributed by atoms with Crippen LogP contribution in [0.5, 0.6) is 0 Å². The fraction of sp³-hybridized carbons (Fsp3) is 0.462. The average molecular weight is 234 g/mol. The van der Waals surface area contributed by atoms with Crippen molar-refractivity contribution < 1.29 is 9.53 Å². The van der Waals surface area contributed by atoms with Crippen molar-refractivity contribution in [3.63, 3.8) is 0 Å². The Morgan fingerprint density at radius 1 is 1.35 bits per heavy atom. The van der Waals surface area contributed by atoms with E-state index in [-0.39, 0.29) is 11.9 Å². The summed E-state index contributed by atoms with van der Waals surface area (Å²) in [4.78, 5) is 12.0. The van der Waals surface area contributed by atoms with Crippen molar-refractivity contribution in [3.05, 3.63) is 29.8 Å². The van der Waals surface area contributed by atoms with Gasteiger partial charge >= 0.3 is 0 Å². The predicted molar refractivity (Wildman–Crippen MR) is 67.3 cm³/mol. The molecule has 0 heterocycles. The van der Waals surface area contributed by atoms with Crippen LogP contribution in [0.15, 0.2) is 24.3 Å². The number of nitrogens with one attached hydrogen (secondary N) is 2. The number of para-hydroxylation sites is 1. The van der Waals surface area contributed by atoms with Crippen molar-refractivity contribution in [1.82, 2.24) is 5.32 Å². The second-order valence-corrected chi connectivity index (χ2v) is 4.30. The lowest BCUT2D eigenvalue weighted by molar-refractivity contribution is 0.0176. The van der Waals surface area contributed by atoms with Crippen molar-refractivity contribution in [2.24, 2.45) is 0 Å². The van der Waals surface area contributed by atoms with E-state index in [2.05, 4.69) is 10.6 Å². The maximum atomic E-state index is 12.0. The zero-order valence-electron chi connectivity index (χ0n) is 10.2. The van der Waals surface area contributed by atoms with E-state index < -0.39 is 0 Å². The van der Waals surface area contributed by atoms with Gasteiger partial charge in [0.15, 0.2) is 0 Å². The smallest absolute Gasteiger partial charge is 0.253 e. The molecule has 0 aromatic heterocycles. The van der Waals surface area contributed by atoms with Crippen LogP contribution in [0.1, 0.15) is 23.2 Å². The number of carbonyl (C=O) groups is 1. The minimum atomic E-state index is -0.0190. The van der Waals surface area contributed by atoms with Crippen LogP contribution in [0.25, 0.3) is 0 Å². The van der Waals surface area contributed by atoms with Crippen LogP contribution in [0.3, 0.4) is 0 Å². The highest BCUT2D eigenvalue weighted by atomic mass is 16.5. The van der Waals surface area contributed by atoms with Gasteiger partial charge in [-0.25, -0.2) is 0 Å². The molecule has 1 fully saturated rings. The molecule has 1 amide bonds. The van der Waals surface area contributed by atoms with Gasteiger partial charge in [0.25, 0.3) is 5.91 Å². The fourth-order valence-electron chi connectivity index (χ4n) is 2.04. The first-order valence-electron chi connectivity index (χ1n) is 5.85. The molecule has 0 radical (unpaired) electrons. The van der Waals surface area contributed by atoms with E-state index in [9.17, 15) is 4.79 Å². The van der Waals surface area contributed by atoms with E-state index in [1.54, 1.807) is 7.11 Å². The second kappa shape index (κ2) is 5.19. The highest BCUT2D eigenvalue weighted by molar-refractivity contribution is 5.99. The number of carbonyl (C=O) groups excluding carboxylic acids is 1. The summed E-state index contributed by atoms with van der Waals surface area (Å²) < 4.78 is 5.18. The molecule has 0 atom stereocenters. The topological polar surface area (TPSA) is 50.4 Å². The van der Waals surface area contributed by atoms with Crippen molar-refractivity contribution in [2.75, 3.05) is 19.5 Å². The molecule has 0 saturated heterocycles. The maximum Gasteiger partial charge on any atom is 0.253 e. The third-order valence-electron chi connectivity index (χ3n) is 3.20. The Morgan fingerprint density at radius 3 is 2.71 bits per heavy atom. The molecule has 2 rings (SSSR count). The van der Waals surface area contributed by atoms with Crippen LogP contribution in [0.4, 0.5) is 5.69 Å². The number of benzene rings is 1. The molecule has 1 aliphatic rings. The van der Waals surface area contributed by atoms with Gasteiger partial charge in [0.05, 0.1) is 11.7 Å². The number of anilines is 1. The number of ether oxygens (including phenoxy) is 1. The molecule has 92 valence electrons. The molecule has 1 aromatic rings. The van der Waals surface area contributed by atoms with E-state index in [1.165, 1.54) is 0 Å². The Hall–Kier alpha value is -1.55. The predicted octanol–water partition coefficient (Wildman–Crippen LogP) is 1.64. The summed E-state index contributed by atoms with van der Waals surface area (Å²) in [7, 11) is 3.52. The molecule has 4 heteroatoms. The Bertz CT molecular complexity index is 400. The Morgan fingerprint density at radius 2 is 2.06 bits per heavy atom. The number of rotatable bonds is 4. The zero-order valence-corrected chi connectivity index (χ0v) is 10.2. The van der Waals surface area contributed by atoms with Gasteiger partial charge in [-0.3, -0.25) is 4.79 Å². The molecule has 0 unspecified atom stereocenters. The van der Waals surface area contributed by atoms with Gasteiger partial charge in [0.1, 0.15) is 0 Å². The summed E-state index contributed by atoms with van der Waals surface area (Å²) in [6, 6.07) is 7.75. The molecule has 0 spiro atoms. The lowest BCUT2D eigenvalue weighted by Crippen LogP contribution is -2.47. The first-order valence-corrected chi connectivity index (χ1v) is 5.85. The summed E-state index contributed by atoms with van der Waals surface area (Å²) in [6.45, 7) is 0. The first-order chi connectivity index (χ1) is 8.24. The van der Waals surface area contributed by atoms with E-state index in [0.717, 1.165) is 18.5 Å². The zero-order chi connectivity index (χ0) is 12.3. The molecule has 1 aliphatic carbocycles. The van der Waals surface area contributed by atoms with Crippen LogP contribution < -0.4 is 10.6 Å². The monoisotopic (exact) mass is 234 g/mol. The van der Waals surface area contributed by atoms with Crippen molar-refractivity contribution in [2.45, 2.75) is 25.0 Å². The Labute approximate surface area is 101 Å². The first kappa shape index (κ1) is 11.9. The average Bonchev–Trinajstić information content (AvgIpc) is 2.32. The standard InChI is InChI=1S/C13H18N2O2/c1-14-12-6-4-3-5-11(12)13(16)15-9-7-10(8-9)17-2/h3-6,9-10,14H,7-8H2,1-2H3,(H,15,16). The van der Waals surface area contributed by atoms with Crippen molar-refractivity contribution in [3.8, 4) is 0 Å². The summed E-state index contributed by atoms with van der Waals surface area (Å²) in [5, 5.41) is 6.03. The van der Waals surface area contributed by atoms with Crippen LogP contribution in [-0.4, -0.2) is 32.2 Å². The van der Waals surface area contributed by atoms with Crippen LogP contribution >= 0.6 is 0 Å². The van der Waals surface area contributed by atoms with Gasteiger partial charge < -0.3 is 15.4 Å². The maximum absolute atomic E-state index is 12.0. The third kappa shape index (κ3) is 2.58. The molecular formula is C13H18N2O2. The van der Waals surface area contributed by atoms with Crippen LogP contribution in [0.2, 0.25) is 0 Å². The van der Waals surface area contributed by atoms with E-state index in [1.807, 2.05) is 31.3 Å². The van der Waals surface area contributed by atoms with Gasteiger partial charge in [-0.2, -0.15) is 0 Å². The summed E-state index contributed by atoms with van der Waals surface area (Å²) >= 11 is 0. The lowest BCUT2D eigenvalue weighted by Gasteiger charge is -2.34. The minimum absolute atomic E-state index is 0.0190. The number of hydrogen-bond donors (Lipinski definition) is 2. The largest absolute Gasteiger partial charge is 0.387 e. The lowest BCUT2D eigenvalue weighted by atomic mass is 9.89. The summed E-state index contributed by atoms with van der Waals surface area (Å²) in [5.41, 5.74) is 1.54. The van der Waals surface area contributed by atoms with Crippen molar-refractivity contribution >= 4 is 11.6 Å². The minimum Gasteiger partial charge on any atom is -0.387 e. The van der Waals surface area contributed by atoms with Gasteiger partial charge in [-0.15, -0.1) is 0 Å². The number of hydrogen-bond acceptors (Lipinski definition) is 3. The second-order valence-electron chi connectivity index (χ2n) is 4.30. The SMILES string of the molecule is CNc1ccccc1C(=O)NC1CC(OC)C1. The number of amides is 1. The summed E-state index contributed by atoms with van der Waals surface area (Å²) in [6.07, 6.45) is 2.12. The fourth-order valence-corrected chi connectivity index (χ4v) is 2.04. The van der Waals surface area contributed by atoms with E-state index in [0.29, 0.717) is 11.7 Å². The van der Waals surface area contributed by atoms with Crippen molar-refractivity contribution in [1.29, 1.82) is 0 Å². The Kier molecular flexibility index (Phi) is 3.64. The molecular weight excluding hydrogens is 216 g/mol. The molecule has 1 saturated carbocycles. The van der Waals surface area contributed by atoms with Gasteiger partial charge in [0.2, 0.25) is 0 Å². The molecule has 0 bridgehead atoms. The van der Waals surface area contributed by atoms with Gasteiger partial charge in [-0.1, -0.05) is 12.1 Å². The highest BCUT2D eigenvalue weighted by Gasteiger charge is 2.30. The van der Waals surface area contributed by atoms with Gasteiger partial charge in [0, 0.05) is 25.9 Å². The van der Waals surface area contributed by atoms with E-state index >= 15 is 0 Å². The van der Waals surface area contributed by atoms with Gasteiger partial charge in [-0.05, 0) is 25.0 Å². The molecule has 2 N–H and O–H groups in total. The summed E-state index contributed by atoms with van der Waals surface area (Å²) in [5.74, 6) is -0.0190. The molecule has 0 aliphatic heterocycles. The van der Waals surface area contributed by atoms with Crippen LogP contribution in [0, 0.1) is 0 Å². The van der Waals surface area contributed by atoms with Crippen LogP contribution in [-0.2, 0) is 4.74 Å². The highest BCUT2D eigenvalue weighted by Crippen LogP contribution is 2.23. The van der Waals surface area contributed by atoms with E-state index in [4.69, 9.17) is 4.74 Å².